The van der Waals surface area contributed by atoms with E-state index in [1.165, 1.54) is 12.5 Å². The minimum Gasteiger partial charge on any atom is -0.436 e. The van der Waals surface area contributed by atoms with Crippen molar-refractivity contribution in [3.05, 3.63) is 46.3 Å². The summed E-state index contributed by atoms with van der Waals surface area (Å²) in [6, 6.07) is 7.47. The number of para-hydroxylation sites is 1. The number of aromatic nitrogens is 2. The summed E-state index contributed by atoms with van der Waals surface area (Å²) in [6.07, 6.45) is 2.87. The van der Waals surface area contributed by atoms with Crippen molar-refractivity contribution in [3.8, 4) is 11.6 Å². The summed E-state index contributed by atoms with van der Waals surface area (Å²) in [7, 11) is 0. The van der Waals surface area contributed by atoms with Crippen molar-refractivity contribution >= 4 is 27.5 Å². The van der Waals surface area contributed by atoms with Crippen LogP contribution in [0.5, 0.6) is 11.6 Å². The average molecular weight is 286 g/mol. The Labute approximate surface area is 100 Å². The SMILES string of the molecule is Clc1cncnc1Oc1ccccc1Br. The molecule has 0 aliphatic carbocycles. The maximum Gasteiger partial charge on any atom is 0.241 e. The Balaban J connectivity index is 2.30. The molecule has 0 fully saturated rings. The number of rotatable bonds is 2. The van der Waals surface area contributed by atoms with Crippen LogP contribution in [0.25, 0.3) is 0 Å². The van der Waals surface area contributed by atoms with Crippen LogP contribution in [0.1, 0.15) is 0 Å². The minimum atomic E-state index is 0.346. The molecule has 1 heterocycles. The van der Waals surface area contributed by atoms with Crippen molar-refractivity contribution in [1.82, 2.24) is 9.97 Å². The van der Waals surface area contributed by atoms with Gasteiger partial charge in [-0.1, -0.05) is 23.7 Å². The first-order valence-corrected chi connectivity index (χ1v) is 5.32. The van der Waals surface area contributed by atoms with Gasteiger partial charge in [0.2, 0.25) is 5.88 Å². The van der Waals surface area contributed by atoms with Crippen molar-refractivity contribution in [2.24, 2.45) is 0 Å². The number of ether oxygens (including phenoxy) is 1. The van der Waals surface area contributed by atoms with Gasteiger partial charge in [0.05, 0.1) is 10.7 Å². The molecule has 0 atom stereocenters. The predicted octanol–water partition coefficient (Wildman–Crippen LogP) is 3.68. The van der Waals surface area contributed by atoms with Gasteiger partial charge in [-0.15, -0.1) is 0 Å². The number of halogens is 2. The van der Waals surface area contributed by atoms with Crippen molar-refractivity contribution in [2.45, 2.75) is 0 Å². The topological polar surface area (TPSA) is 35.0 Å². The minimum absolute atomic E-state index is 0.346. The summed E-state index contributed by atoms with van der Waals surface area (Å²) in [5, 5.41) is 0.383. The van der Waals surface area contributed by atoms with Gasteiger partial charge < -0.3 is 4.74 Å². The molecule has 0 bridgehead atoms. The van der Waals surface area contributed by atoms with E-state index in [2.05, 4.69) is 25.9 Å². The van der Waals surface area contributed by atoms with E-state index in [9.17, 15) is 0 Å². The maximum absolute atomic E-state index is 5.86. The summed E-state index contributed by atoms with van der Waals surface area (Å²) < 4.78 is 6.36. The Morgan fingerprint density at radius 1 is 1.27 bits per heavy atom. The Kier molecular flexibility index (Phi) is 3.18. The lowest BCUT2D eigenvalue weighted by Crippen LogP contribution is -1.90. The van der Waals surface area contributed by atoms with Crippen LogP contribution in [0.2, 0.25) is 5.02 Å². The van der Waals surface area contributed by atoms with E-state index in [1.54, 1.807) is 0 Å². The van der Waals surface area contributed by atoms with E-state index in [0.717, 1.165) is 4.47 Å². The van der Waals surface area contributed by atoms with Gasteiger partial charge in [-0.2, -0.15) is 0 Å². The second kappa shape index (κ2) is 4.59. The molecule has 1 aromatic carbocycles. The monoisotopic (exact) mass is 284 g/mol. The molecule has 0 aliphatic rings. The number of hydrogen-bond donors (Lipinski definition) is 0. The van der Waals surface area contributed by atoms with Crippen LogP contribution in [-0.4, -0.2) is 9.97 Å². The largest absolute Gasteiger partial charge is 0.436 e. The molecule has 0 saturated carbocycles. The average Bonchev–Trinajstić information content (AvgIpc) is 2.24. The lowest BCUT2D eigenvalue weighted by atomic mass is 10.3. The summed E-state index contributed by atoms with van der Waals surface area (Å²) in [6.45, 7) is 0. The van der Waals surface area contributed by atoms with Gasteiger partial charge in [-0.05, 0) is 28.1 Å². The zero-order chi connectivity index (χ0) is 10.7. The van der Waals surface area contributed by atoms with Crippen LogP contribution >= 0.6 is 27.5 Å². The molecule has 0 aliphatic heterocycles. The molecule has 15 heavy (non-hydrogen) atoms. The zero-order valence-electron chi connectivity index (χ0n) is 7.52. The van der Waals surface area contributed by atoms with Gasteiger partial charge >= 0.3 is 0 Å². The van der Waals surface area contributed by atoms with E-state index in [0.29, 0.717) is 16.7 Å². The second-order valence-electron chi connectivity index (χ2n) is 2.71. The van der Waals surface area contributed by atoms with Crippen LogP contribution in [0.3, 0.4) is 0 Å². The molecule has 5 heteroatoms. The van der Waals surface area contributed by atoms with Gasteiger partial charge in [0.25, 0.3) is 0 Å². The highest BCUT2D eigenvalue weighted by Crippen LogP contribution is 2.30. The first-order chi connectivity index (χ1) is 7.27. The quantitative estimate of drug-likeness (QED) is 0.844. The van der Waals surface area contributed by atoms with E-state index < -0.39 is 0 Å². The predicted molar refractivity (Wildman–Crippen MR) is 61.3 cm³/mol. The van der Waals surface area contributed by atoms with Crippen molar-refractivity contribution in [3.63, 3.8) is 0 Å². The standard InChI is InChI=1S/C10H6BrClN2O/c11-7-3-1-2-4-9(7)15-10-8(12)5-13-6-14-10/h1-6H. The fourth-order valence-corrected chi connectivity index (χ4v) is 1.52. The first kappa shape index (κ1) is 10.4. The normalized spacial score (nSPS) is 10.0. The lowest BCUT2D eigenvalue weighted by molar-refractivity contribution is 0.459. The highest BCUT2D eigenvalue weighted by atomic mass is 79.9. The molecule has 0 unspecified atom stereocenters. The highest BCUT2D eigenvalue weighted by molar-refractivity contribution is 9.10. The van der Waals surface area contributed by atoms with E-state index in [4.69, 9.17) is 16.3 Å². The molecule has 0 radical (unpaired) electrons. The van der Waals surface area contributed by atoms with E-state index >= 15 is 0 Å². The third-order valence-electron chi connectivity index (χ3n) is 1.68. The molecule has 76 valence electrons. The molecule has 3 nitrogen and oxygen atoms in total. The van der Waals surface area contributed by atoms with E-state index in [-0.39, 0.29) is 0 Å². The van der Waals surface area contributed by atoms with Crippen molar-refractivity contribution in [1.29, 1.82) is 0 Å². The molecule has 0 spiro atoms. The summed E-state index contributed by atoms with van der Waals surface area (Å²) in [5.74, 6) is 1.01. The highest BCUT2D eigenvalue weighted by Gasteiger charge is 2.06. The molecule has 2 rings (SSSR count). The van der Waals surface area contributed by atoms with Gasteiger partial charge in [0.1, 0.15) is 17.1 Å². The molecular formula is C10H6BrClN2O. The summed E-state index contributed by atoms with van der Waals surface area (Å²) in [4.78, 5) is 7.70. The van der Waals surface area contributed by atoms with Crippen molar-refractivity contribution < 1.29 is 4.74 Å². The van der Waals surface area contributed by atoms with Crippen LogP contribution in [0, 0.1) is 0 Å². The van der Waals surface area contributed by atoms with Gasteiger partial charge in [-0.25, -0.2) is 9.97 Å². The maximum atomic E-state index is 5.86. The van der Waals surface area contributed by atoms with Crippen molar-refractivity contribution in [2.75, 3.05) is 0 Å². The van der Waals surface area contributed by atoms with Gasteiger partial charge in [0, 0.05) is 0 Å². The molecule has 1 aromatic heterocycles. The van der Waals surface area contributed by atoms with Crippen LogP contribution in [0.4, 0.5) is 0 Å². The number of benzene rings is 1. The molecular weight excluding hydrogens is 279 g/mol. The Morgan fingerprint density at radius 3 is 2.80 bits per heavy atom. The fraction of sp³-hybridized carbons (Fsp3) is 0. The Hall–Kier alpha value is -1.13. The molecule has 0 amide bonds. The Morgan fingerprint density at radius 2 is 2.07 bits per heavy atom. The second-order valence-corrected chi connectivity index (χ2v) is 3.97. The molecule has 0 N–H and O–H groups in total. The smallest absolute Gasteiger partial charge is 0.241 e. The van der Waals surface area contributed by atoms with Crippen LogP contribution < -0.4 is 4.74 Å². The fourth-order valence-electron chi connectivity index (χ4n) is 1.01. The van der Waals surface area contributed by atoms with Crippen LogP contribution in [0.15, 0.2) is 41.3 Å². The molecule has 0 saturated heterocycles. The van der Waals surface area contributed by atoms with Gasteiger partial charge in [-0.3, -0.25) is 0 Å². The Bertz CT molecular complexity index is 435. The lowest BCUT2D eigenvalue weighted by Gasteiger charge is -2.06. The number of nitrogens with zero attached hydrogens (tertiary/aromatic N) is 2. The summed E-state index contributed by atoms with van der Waals surface area (Å²) >= 11 is 9.23. The molecule has 2 aromatic rings. The summed E-state index contributed by atoms with van der Waals surface area (Å²) in [5.41, 5.74) is 0. The third-order valence-corrected chi connectivity index (χ3v) is 2.59. The first-order valence-electron chi connectivity index (χ1n) is 4.15. The van der Waals surface area contributed by atoms with Crippen LogP contribution in [-0.2, 0) is 0 Å². The van der Waals surface area contributed by atoms with E-state index in [1.807, 2.05) is 24.3 Å². The third kappa shape index (κ3) is 2.46. The zero-order valence-corrected chi connectivity index (χ0v) is 9.86. The number of hydrogen-bond acceptors (Lipinski definition) is 3. The van der Waals surface area contributed by atoms with Gasteiger partial charge in [0.15, 0.2) is 0 Å².